The average Bonchev–Trinajstić information content (AvgIpc) is 2.27. The summed E-state index contributed by atoms with van der Waals surface area (Å²) in [5.41, 5.74) is 0.427. The molecule has 0 atom stereocenters. The highest BCUT2D eigenvalue weighted by Crippen LogP contribution is 2.32. The molecule has 0 saturated heterocycles. The second-order valence-corrected chi connectivity index (χ2v) is 4.68. The molecule has 0 radical (unpaired) electrons. The van der Waals surface area contributed by atoms with Crippen molar-refractivity contribution in [2.75, 3.05) is 0 Å². The van der Waals surface area contributed by atoms with E-state index in [0.717, 1.165) is 0 Å². The first-order valence-corrected chi connectivity index (χ1v) is 5.88. The Kier molecular flexibility index (Phi) is 3.71. The molecule has 0 aliphatic heterocycles. The molecule has 0 aliphatic carbocycles. The van der Waals surface area contributed by atoms with Gasteiger partial charge in [0, 0.05) is 21.7 Å². The molecule has 0 saturated carbocycles. The Hall–Kier alpha value is -1.36. The molecule has 1 heterocycles. The predicted octanol–water partition coefficient (Wildman–Crippen LogP) is 4.62. The third kappa shape index (κ3) is 2.72. The minimum absolute atomic E-state index is 0.136. The van der Waals surface area contributed by atoms with Crippen molar-refractivity contribution in [2.45, 2.75) is 0 Å². The Labute approximate surface area is 117 Å². The van der Waals surface area contributed by atoms with Crippen LogP contribution < -0.4 is 0 Å². The molecule has 4 nitrogen and oxygen atoms in total. The van der Waals surface area contributed by atoms with E-state index >= 15 is 0 Å². The third-order valence-electron chi connectivity index (χ3n) is 2.17. The number of nitro groups is 1. The summed E-state index contributed by atoms with van der Waals surface area (Å²) in [6, 6.07) is 7.26. The molecule has 18 heavy (non-hydrogen) atoms. The van der Waals surface area contributed by atoms with Gasteiger partial charge in [0.25, 0.3) is 5.69 Å². The molecular formula is C11H5Cl3N2O2. The van der Waals surface area contributed by atoms with Crippen LogP contribution in [0.15, 0.2) is 30.3 Å². The van der Waals surface area contributed by atoms with Gasteiger partial charge in [-0.2, -0.15) is 0 Å². The van der Waals surface area contributed by atoms with Crippen molar-refractivity contribution in [3.8, 4) is 11.3 Å². The maximum Gasteiger partial charge on any atom is 0.295 e. The number of nitrogens with zero attached hydrogens (tertiary/aromatic N) is 2. The van der Waals surface area contributed by atoms with Crippen molar-refractivity contribution in [3.05, 3.63) is 55.6 Å². The monoisotopic (exact) mass is 302 g/mol. The molecule has 0 spiro atoms. The van der Waals surface area contributed by atoms with Crippen LogP contribution in [0.2, 0.25) is 15.2 Å². The number of halogens is 3. The molecule has 0 bridgehead atoms. The van der Waals surface area contributed by atoms with Crippen molar-refractivity contribution in [2.24, 2.45) is 0 Å². The van der Waals surface area contributed by atoms with Gasteiger partial charge in [-0.1, -0.05) is 34.8 Å². The van der Waals surface area contributed by atoms with Crippen molar-refractivity contribution >= 4 is 40.5 Å². The lowest BCUT2D eigenvalue weighted by molar-refractivity contribution is -0.384. The van der Waals surface area contributed by atoms with Crippen LogP contribution in [0.1, 0.15) is 0 Å². The van der Waals surface area contributed by atoms with E-state index in [9.17, 15) is 10.1 Å². The van der Waals surface area contributed by atoms with Gasteiger partial charge in [0.2, 0.25) is 0 Å². The molecule has 0 N–H and O–H groups in total. The number of hydrogen-bond donors (Lipinski definition) is 0. The number of pyridine rings is 1. The number of rotatable bonds is 2. The lowest BCUT2D eigenvalue weighted by Gasteiger charge is -2.04. The number of benzene rings is 1. The fourth-order valence-electron chi connectivity index (χ4n) is 1.48. The average molecular weight is 304 g/mol. The predicted molar refractivity (Wildman–Crippen MR) is 71.4 cm³/mol. The Morgan fingerprint density at radius 1 is 1.06 bits per heavy atom. The topological polar surface area (TPSA) is 56.0 Å². The molecule has 1 aromatic carbocycles. The quantitative estimate of drug-likeness (QED) is 0.462. The van der Waals surface area contributed by atoms with Gasteiger partial charge in [0.1, 0.15) is 10.8 Å². The van der Waals surface area contributed by atoms with Gasteiger partial charge in [-0.3, -0.25) is 10.1 Å². The van der Waals surface area contributed by atoms with Crippen LogP contribution in [0, 0.1) is 10.1 Å². The molecule has 7 heteroatoms. The Bertz CT molecular complexity index is 611. The van der Waals surface area contributed by atoms with Crippen LogP contribution in [0.4, 0.5) is 5.69 Å². The maximum atomic E-state index is 10.9. The molecule has 0 aliphatic rings. The third-order valence-corrected chi connectivity index (χ3v) is 2.82. The van der Waals surface area contributed by atoms with E-state index in [4.69, 9.17) is 34.8 Å². The number of aromatic nitrogens is 1. The maximum absolute atomic E-state index is 10.9. The lowest BCUT2D eigenvalue weighted by atomic mass is 10.1. The SMILES string of the molecule is O=[N+]([O-])c1ccc(Cl)nc1-c1cc(Cl)cc(Cl)c1. The highest BCUT2D eigenvalue weighted by molar-refractivity contribution is 6.35. The minimum atomic E-state index is -0.534. The summed E-state index contributed by atoms with van der Waals surface area (Å²) in [5.74, 6) is 0. The summed E-state index contributed by atoms with van der Waals surface area (Å²) in [7, 11) is 0. The van der Waals surface area contributed by atoms with Gasteiger partial charge in [0.05, 0.1) is 4.92 Å². The second kappa shape index (κ2) is 5.10. The van der Waals surface area contributed by atoms with Gasteiger partial charge in [-0.05, 0) is 24.3 Å². The van der Waals surface area contributed by atoms with Gasteiger partial charge < -0.3 is 0 Å². The smallest absolute Gasteiger partial charge is 0.258 e. The Balaban J connectivity index is 2.68. The highest BCUT2D eigenvalue weighted by atomic mass is 35.5. The molecular weight excluding hydrogens is 298 g/mol. The lowest BCUT2D eigenvalue weighted by Crippen LogP contribution is -1.95. The normalized spacial score (nSPS) is 10.4. The van der Waals surface area contributed by atoms with Gasteiger partial charge in [0.15, 0.2) is 0 Å². The molecule has 1 aromatic heterocycles. The molecule has 0 fully saturated rings. The van der Waals surface area contributed by atoms with Crippen LogP contribution in [0.5, 0.6) is 0 Å². The summed E-state index contributed by atoms with van der Waals surface area (Å²) in [6.45, 7) is 0. The minimum Gasteiger partial charge on any atom is -0.258 e. The fourth-order valence-corrected chi connectivity index (χ4v) is 2.15. The van der Waals surface area contributed by atoms with E-state index in [1.54, 1.807) is 12.1 Å². The first kappa shape index (κ1) is 13.1. The van der Waals surface area contributed by atoms with Gasteiger partial charge in [-0.25, -0.2) is 4.98 Å². The van der Waals surface area contributed by atoms with Crippen LogP contribution in [-0.4, -0.2) is 9.91 Å². The van der Waals surface area contributed by atoms with E-state index in [1.165, 1.54) is 18.2 Å². The summed E-state index contributed by atoms with van der Waals surface area (Å²) in [4.78, 5) is 14.4. The largest absolute Gasteiger partial charge is 0.295 e. The molecule has 0 unspecified atom stereocenters. The standard InChI is InChI=1S/C11H5Cl3N2O2/c12-7-3-6(4-8(13)5-7)11-9(16(17)18)1-2-10(14)15-11/h1-5H. The summed E-state index contributed by atoms with van der Waals surface area (Å²) in [6.07, 6.45) is 0. The molecule has 2 rings (SSSR count). The van der Waals surface area contributed by atoms with E-state index in [1.807, 2.05) is 0 Å². The van der Waals surface area contributed by atoms with Crippen LogP contribution >= 0.6 is 34.8 Å². The van der Waals surface area contributed by atoms with Crippen LogP contribution in [-0.2, 0) is 0 Å². The van der Waals surface area contributed by atoms with Crippen molar-refractivity contribution < 1.29 is 4.92 Å². The Morgan fingerprint density at radius 2 is 1.67 bits per heavy atom. The zero-order valence-electron chi connectivity index (χ0n) is 8.73. The van der Waals surface area contributed by atoms with Crippen molar-refractivity contribution in [1.29, 1.82) is 0 Å². The van der Waals surface area contributed by atoms with Gasteiger partial charge in [-0.15, -0.1) is 0 Å². The van der Waals surface area contributed by atoms with E-state index in [0.29, 0.717) is 15.6 Å². The van der Waals surface area contributed by atoms with Crippen molar-refractivity contribution in [1.82, 2.24) is 4.98 Å². The summed E-state index contributed by atoms with van der Waals surface area (Å²) >= 11 is 17.5. The van der Waals surface area contributed by atoms with Crippen LogP contribution in [0.25, 0.3) is 11.3 Å². The number of hydrogen-bond acceptors (Lipinski definition) is 3. The summed E-state index contributed by atoms with van der Waals surface area (Å²) < 4.78 is 0. The van der Waals surface area contributed by atoms with E-state index in [2.05, 4.69) is 4.98 Å². The highest BCUT2D eigenvalue weighted by Gasteiger charge is 2.18. The first-order valence-electron chi connectivity index (χ1n) is 4.75. The van der Waals surface area contributed by atoms with Crippen molar-refractivity contribution in [3.63, 3.8) is 0 Å². The zero-order valence-corrected chi connectivity index (χ0v) is 11.0. The molecule has 0 amide bonds. The second-order valence-electron chi connectivity index (χ2n) is 3.42. The first-order chi connectivity index (χ1) is 8.47. The van der Waals surface area contributed by atoms with Crippen LogP contribution in [0.3, 0.4) is 0 Å². The van der Waals surface area contributed by atoms with E-state index in [-0.39, 0.29) is 16.5 Å². The zero-order chi connectivity index (χ0) is 13.3. The Morgan fingerprint density at radius 3 is 2.22 bits per heavy atom. The van der Waals surface area contributed by atoms with Gasteiger partial charge >= 0.3 is 0 Å². The van der Waals surface area contributed by atoms with E-state index < -0.39 is 4.92 Å². The summed E-state index contributed by atoms with van der Waals surface area (Å²) in [5, 5.41) is 11.8. The molecule has 2 aromatic rings. The fraction of sp³-hybridized carbons (Fsp3) is 0. The molecule has 92 valence electrons.